The minimum absolute atomic E-state index is 0.0277. The summed E-state index contributed by atoms with van der Waals surface area (Å²) in [4.78, 5) is 28.0. The molecule has 1 aromatic carbocycles. The van der Waals surface area contributed by atoms with Gasteiger partial charge in [-0.05, 0) is 31.4 Å². The number of anilines is 2. The Kier molecular flexibility index (Phi) is 5.25. The Hall–Kier alpha value is -2.21. The molecule has 6 heteroatoms. The van der Waals surface area contributed by atoms with E-state index in [4.69, 9.17) is 0 Å². The molecule has 1 fully saturated rings. The van der Waals surface area contributed by atoms with Crippen LogP contribution in [0.1, 0.15) is 39.0 Å². The van der Waals surface area contributed by atoms with Crippen molar-refractivity contribution in [2.24, 2.45) is 5.92 Å². The van der Waals surface area contributed by atoms with Crippen LogP contribution in [-0.2, 0) is 9.59 Å². The molecule has 1 saturated carbocycles. The molecule has 1 aliphatic rings. The van der Waals surface area contributed by atoms with E-state index < -0.39 is 0 Å². The Bertz CT molecular complexity index is 720. The van der Waals surface area contributed by atoms with Crippen LogP contribution in [0.2, 0.25) is 0 Å². The number of benzene rings is 1. The Labute approximate surface area is 145 Å². The second-order valence-corrected chi connectivity index (χ2v) is 6.89. The first kappa shape index (κ1) is 16.6. The van der Waals surface area contributed by atoms with Crippen molar-refractivity contribution in [3.05, 3.63) is 29.6 Å². The number of carbonyl (C=O) groups is 2. The van der Waals surface area contributed by atoms with Crippen molar-refractivity contribution in [1.82, 2.24) is 4.98 Å². The van der Waals surface area contributed by atoms with Crippen molar-refractivity contribution >= 4 is 34.0 Å². The van der Waals surface area contributed by atoms with Crippen molar-refractivity contribution in [3.8, 4) is 11.3 Å². The number of amides is 2. The summed E-state index contributed by atoms with van der Waals surface area (Å²) in [6, 6.07) is 7.59. The molecule has 0 atom stereocenters. The molecule has 0 unspecified atom stereocenters. The molecule has 2 N–H and O–H groups in total. The molecule has 126 valence electrons. The third-order valence-electron chi connectivity index (χ3n) is 4.15. The molecular formula is C18H21N3O2S. The summed E-state index contributed by atoms with van der Waals surface area (Å²) in [6.07, 6.45) is 4.46. The second kappa shape index (κ2) is 7.57. The fourth-order valence-corrected chi connectivity index (χ4v) is 3.24. The molecular weight excluding hydrogens is 322 g/mol. The van der Waals surface area contributed by atoms with Crippen molar-refractivity contribution < 1.29 is 9.59 Å². The van der Waals surface area contributed by atoms with Crippen LogP contribution in [0.3, 0.4) is 0 Å². The van der Waals surface area contributed by atoms with E-state index in [0.29, 0.717) is 11.6 Å². The molecule has 2 aromatic rings. The Morgan fingerprint density at radius 1 is 1.21 bits per heavy atom. The lowest BCUT2D eigenvalue weighted by Crippen LogP contribution is -2.27. The van der Waals surface area contributed by atoms with Crippen LogP contribution >= 0.6 is 11.3 Å². The summed E-state index contributed by atoms with van der Waals surface area (Å²) in [6.45, 7) is 1.98. The first-order valence-electron chi connectivity index (χ1n) is 8.32. The molecule has 5 nitrogen and oxygen atoms in total. The standard InChI is InChI=1S/C18H21N3O2S/c1-2-4-16(22)19-14-9-7-12(8-10-14)15-11-24-18(20-15)21-17(23)13-5-3-6-13/h7-11,13H,2-6H2,1H3,(H,19,22)(H,20,21,23). The van der Waals surface area contributed by atoms with Gasteiger partial charge in [-0.2, -0.15) is 0 Å². The van der Waals surface area contributed by atoms with Gasteiger partial charge >= 0.3 is 0 Å². The third kappa shape index (κ3) is 4.00. The van der Waals surface area contributed by atoms with Crippen molar-refractivity contribution in [1.29, 1.82) is 0 Å². The average molecular weight is 343 g/mol. The Morgan fingerprint density at radius 2 is 1.96 bits per heavy atom. The monoisotopic (exact) mass is 343 g/mol. The normalized spacial score (nSPS) is 14.0. The molecule has 0 bridgehead atoms. The van der Waals surface area contributed by atoms with Crippen LogP contribution in [0, 0.1) is 5.92 Å². The van der Waals surface area contributed by atoms with E-state index in [1.807, 2.05) is 36.6 Å². The first-order valence-corrected chi connectivity index (χ1v) is 9.20. The molecule has 1 aliphatic carbocycles. The largest absolute Gasteiger partial charge is 0.326 e. The van der Waals surface area contributed by atoms with Gasteiger partial charge in [-0.1, -0.05) is 25.5 Å². The molecule has 24 heavy (non-hydrogen) atoms. The molecule has 0 saturated heterocycles. The average Bonchev–Trinajstić information content (AvgIpc) is 2.94. The summed E-state index contributed by atoms with van der Waals surface area (Å²) < 4.78 is 0. The summed E-state index contributed by atoms with van der Waals surface area (Å²) in [5.74, 6) is 0.263. The van der Waals surface area contributed by atoms with Crippen LogP contribution < -0.4 is 10.6 Å². The fourth-order valence-electron chi connectivity index (χ4n) is 2.52. The van der Waals surface area contributed by atoms with E-state index in [1.165, 1.54) is 11.3 Å². The third-order valence-corrected chi connectivity index (χ3v) is 4.91. The van der Waals surface area contributed by atoms with Gasteiger partial charge in [0.2, 0.25) is 11.8 Å². The fraction of sp³-hybridized carbons (Fsp3) is 0.389. The number of rotatable bonds is 6. The van der Waals surface area contributed by atoms with Crippen LogP contribution in [-0.4, -0.2) is 16.8 Å². The summed E-state index contributed by atoms with van der Waals surface area (Å²) in [5.41, 5.74) is 2.57. The van der Waals surface area contributed by atoms with Crippen molar-refractivity contribution in [3.63, 3.8) is 0 Å². The maximum Gasteiger partial charge on any atom is 0.229 e. The number of hydrogen-bond acceptors (Lipinski definition) is 4. The SMILES string of the molecule is CCCC(=O)Nc1ccc(-c2csc(NC(=O)C3CCC3)n2)cc1. The van der Waals surface area contributed by atoms with Gasteiger partial charge in [0.25, 0.3) is 0 Å². The maximum atomic E-state index is 12.0. The summed E-state index contributed by atoms with van der Waals surface area (Å²) in [7, 11) is 0. The Balaban J connectivity index is 1.62. The van der Waals surface area contributed by atoms with E-state index in [1.54, 1.807) is 0 Å². The van der Waals surface area contributed by atoms with Gasteiger partial charge in [0.05, 0.1) is 5.69 Å². The summed E-state index contributed by atoms with van der Waals surface area (Å²) in [5, 5.41) is 8.33. The van der Waals surface area contributed by atoms with Gasteiger partial charge in [-0.25, -0.2) is 4.98 Å². The second-order valence-electron chi connectivity index (χ2n) is 6.03. The zero-order valence-corrected chi connectivity index (χ0v) is 14.5. The first-order chi connectivity index (χ1) is 11.7. The zero-order chi connectivity index (χ0) is 16.9. The summed E-state index contributed by atoms with van der Waals surface area (Å²) >= 11 is 1.43. The molecule has 0 aliphatic heterocycles. The van der Waals surface area contributed by atoms with Crippen LogP contribution in [0.4, 0.5) is 10.8 Å². The highest BCUT2D eigenvalue weighted by molar-refractivity contribution is 7.14. The number of nitrogens with zero attached hydrogens (tertiary/aromatic N) is 1. The molecule has 1 aromatic heterocycles. The lowest BCUT2D eigenvalue weighted by atomic mass is 9.85. The van der Waals surface area contributed by atoms with E-state index in [9.17, 15) is 9.59 Å². The minimum Gasteiger partial charge on any atom is -0.326 e. The van der Waals surface area contributed by atoms with Gasteiger partial charge in [0.1, 0.15) is 0 Å². The number of nitrogens with one attached hydrogen (secondary N) is 2. The molecule has 2 amide bonds. The molecule has 0 spiro atoms. The maximum absolute atomic E-state index is 12.0. The minimum atomic E-state index is 0.0277. The van der Waals surface area contributed by atoms with Crippen LogP contribution in [0.25, 0.3) is 11.3 Å². The van der Waals surface area contributed by atoms with E-state index in [0.717, 1.165) is 42.6 Å². The molecule has 1 heterocycles. The lowest BCUT2D eigenvalue weighted by molar-refractivity contribution is -0.122. The predicted octanol–water partition coefficient (Wildman–Crippen LogP) is 4.29. The van der Waals surface area contributed by atoms with Crippen LogP contribution in [0.5, 0.6) is 0 Å². The van der Waals surface area contributed by atoms with Crippen molar-refractivity contribution in [2.45, 2.75) is 39.0 Å². The highest BCUT2D eigenvalue weighted by Crippen LogP contribution is 2.30. The van der Waals surface area contributed by atoms with E-state index in [2.05, 4.69) is 15.6 Å². The number of hydrogen-bond donors (Lipinski definition) is 2. The highest BCUT2D eigenvalue weighted by Gasteiger charge is 2.25. The van der Waals surface area contributed by atoms with Gasteiger partial charge < -0.3 is 10.6 Å². The number of aromatic nitrogens is 1. The van der Waals surface area contributed by atoms with Gasteiger partial charge in [-0.15, -0.1) is 11.3 Å². The topological polar surface area (TPSA) is 71.1 Å². The number of carbonyl (C=O) groups excluding carboxylic acids is 2. The van der Waals surface area contributed by atoms with Gasteiger partial charge in [-0.3, -0.25) is 9.59 Å². The highest BCUT2D eigenvalue weighted by atomic mass is 32.1. The zero-order valence-electron chi connectivity index (χ0n) is 13.7. The lowest BCUT2D eigenvalue weighted by Gasteiger charge is -2.23. The predicted molar refractivity (Wildman–Crippen MR) is 97.1 cm³/mol. The molecule has 0 radical (unpaired) electrons. The van der Waals surface area contributed by atoms with E-state index >= 15 is 0 Å². The van der Waals surface area contributed by atoms with Gasteiger partial charge in [0.15, 0.2) is 5.13 Å². The van der Waals surface area contributed by atoms with Crippen LogP contribution in [0.15, 0.2) is 29.6 Å². The Morgan fingerprint density at radius 3 is 2.58 bits per heavy atom. The van der Waals surface area contributed by atoms with Gasteiger partial charge in [0, 0.05) is 29.0 Å². The van der Waals surface area contributed by atoms with E-state index in [-0.39, 0.29) is 17.7 Å². The smallest absolute Gasteiger partial charge is 0.229 e. The van der Waals surface area contributed by atoms with Crippen molar-refractivity contribution in [2.75, 3.05) is 10.6 Å². The molecule has 3 rings (SSSR count). The quantitative estimate of drug-likeness (QED) is 0.822. The number of thiazole rings is 1.